The van der Waals surface area contributed by atoms with Gasteiger partial charge in [0, 0.05) is 7.26 Å². The van der Waals surface area contributed by atoms with Crippen LogP contribution in [-0.4, -0.2) is 24.6 Å². The summed E-state index contributed by atoms with van der Waals surface area (Å²) in [5.74, 6) is 0. The van der Waals surface area contributed by atoms with Crippen molar-refractivity contribution in [2.24, 2.45) is 0 Å². The van der Waals surface area contributed by atoms with Crippen molar-refractivity contribution >= 4 is 7.26 Å². The van der Waals surface area contributed by atoms with Gasteiger partial charge in [0.05, 0.1) is 24.6 Å². The monoisotopic (exact) mass is 876 g/mol. The molecule has 0 fully saturated rings. The molecule has 368 valence electrons. The lowest BCUT2D eigenvalue weighted by molar-refractivity contribution is 0.530. The zero-order chi connectivity index (χ0) is 44.1. The number of hydrogen-bond donors (Lipinski definition) is 0. The Morgan fingerprint density at radius 1 is 0.131 bits per heavy atom. The average Bonchev–Trinajstić information content (AvgIpc) is 3.27. The lowest BCUT2D eigenvalue weighted by Crippen LogP contribution is -2.13. The van der Waals surface area contributed by atoms with Crippen LogP contribution in [0.4, 0.5) is 0 Å². The van der Waals surface area contributed by atoms with Gasteiger partial charge < -0.3 is 0 Å². The summed E-state index contributed by atoms with van der Waals surface area (Å²) in [6.45, 7) is 9.39. The second kappa shape index (κ2) is 54.8. The molecule has 0 rings (SSSR count). The van der Waals surface area contributed by atoms with Gasteiger partial charge in [-0.1, -0.05) is 310 Å². The minimum absolute atomic E-state index is 0.801. The number of hydrogen-bond acceptors (Lipinski definition) is 0. The van der Waals surface area contributed by atoms with Gasteiger partial charge in [0.25, 0.3) is 0 Å². The highest BCUT2D eigenvalue weighted by Crippen LogP contribution is 2.61. The molecule has 0 atom stereocenters. The summed E-state index contributed by atoms with van der Waals surface area (Å²) in [5, 5.41) is 0. The van der Waals surface area contributed by atoms with Crippen LogP contribution in [0.2, 0.25) is 0 Å². The lowest BCUT2D eigenvalue weighted by atomic mass is 10.0. The number of rotatable bonds is 56. The maximum atomic E-state index is 2.41. The molecule has 0 aromatic carbocycles. The van der Waals surface area contributed by atoms with E-state index in [2.05, 4.69) is 27.7 Å². The van der Waals surface area contributed by atoms with E-state index in [1.54, 1.807) is 50.3 Å². The van der Waals surface area contributed by atoms with E-state index < -0.39 is 7.26 Å². The molecule has 0 aliphatic carbocycles. The Labute approximate surface area is 391 Å². The molecular weight excluding hydrogens is 752 g/mol. The molecule has 0 spiro atoms. The highest BCUT2D eigenvalue weighted by Gasteiger charge is 2.35. The summed E-state index contributed by atoms with van der Waals surface area (Å²) in [6.07, 6.45) is 84.2. The van der Waals surface area contributed by atoms with E-state index in [0.717, 1.165) is 0 Å². The Morgan fingerprint density at radius 3 is 0.361 bits per heavy atom. The van der Waals surface area contributed by atoms with E-state index in [1.165, 1.54) is 308 Å². The van der Waals surface area contributed by atoms with Crippen LogP contribution in [0.15, 0.2) is 0 Å². The van der Waals surface area contributed by atoms with Gasteiger partial charge in [-0.15, -0.1) is 0 Å². The third-order valence-corrected chi connectivity index (χ3v) is 20.0. The molecule has 0 aliphatic heterocycles. The molecule has 1 heteroatoms. The average molecular weight is 877 g/mol. The Bertz CT molecular complexity index is 655. The maximum absolute atomic E-state index is 2.41. The molecule has 0 N–H and O–H groups in total. The molecule has 0 amide bonds. The molecule has 61 heavy (non-hydrogen) atoms. The van der Waals surface area contributed by atoms with Gasteiger partial charge in [-0.2, -0.15) is 0 Å². The first-order valence-electron chi connectivity index (χ1n) is 30.1. The fourth-order valence-electron chi connectivity index (χ4n) is 10.5. The van der Waals surface area contributed by atoms with Gasteiger partial charge in [-0.25, -0.2) is 0 Å². The minimum Gasteiger partial charge on any atom is -0.0654 e. The Balaban J connectivity index is 4.57. The lowest BCUT2D eigenvalue weighted by Gasteiger charge is -2.28. The molecule has 0 aromatic heterocycles. The van der Waals surface area contributed by atoms with Crippen LogP contribution in [0.25, 0.3) is 0 Å². The van der Waals surface area contributed by atoms with E-state index in [0.29, 0.717) is 0 Å². The predicted molar refractivity (Wildman–Crippen MR) is 289 cm³/mol. The minimum atomic E-state index is -0.801. The van der Waals surface area contributed by atoms with Crippen molar-refractivity contribution in [1.82, 2.24) is 0 Å². The Hall–Kier alpha value is 0.430. The molecule has 0 nitrogen and oxygen atoms in total. The second-order valence-electron chi connectivity index (χ2n) is 21.2. The maximum Gasteiger partial charge on any atom is 0.0594 e. The highest BCUT2D eigenvalue weighted by molar-refractivity contribution is 7.75. The van der Waals surface area contributed by atoms with Crippen molar-refractivity contribution in [3.8, 4) is 0 Å². The summed E-state index contributed by atoms with van der Waals surface area (Å²) in [5.41, 5.74) is 0. The molecule has 0 radical (unpaired) electrons. The predicted octanol–water partition coefficient (Wildman–Crippen LogP) is 23.4. The largest absolute Gasteiger partial charge is 0.0654 e. The van der Waals surface area contributed by atoms with E-state index in [9.17, 15) is 0 Å². The fourth-order valence-corrected chi connectivity index (χ4v) is 15.5. The molecule has 0 heterocycles. The highest BCUT2D eigenvalue weighted by atomic mass is 31.2. The first-order valence-corrected chi connectivity index (χ1v) is 32.6. The van der Waals surface area contributed by atoms with Crippen molar-refractivity contribution in [1.29, 1.82) is 0 Å². The zero-order valence-electron chi connectivity index (χ0n) is 44.0. The van der Waals surface area contributed by atoms with Crippen LogP contribution >= 0.6 is 7.26 Å². The molecule has 0 saturated carbocycles. The van der Waals surface area contributed by atoms with E-state index in [-0.39, 0.29) is 0 Å². The van der Waals surface area contributed by atoms with E-state index in [1.807, 2.05) is 0 Å². The molecule has 0 bridgehead atoms. The van der Waals surface area contributed by atoms with Crippen LogP contribution in [0.5, 0.6) is 0 Å². The van der Waals surface area contributed by atoms with Crippen molar-refractivity contribution in [2.75, 3.05) is 24.6 Å². The van der Waals surface area contributed by atoms with Gasteiger partial charge in [0.2, 0.25) is 0 Å². The second-order valence-corrected chi connectivity index (χ2v) is 25.7. The molecule has 0 unspecified atom stereocenters. The summed E-state index contributed by atoms with van der Waals surface area (Å²) in [7, 11) is -0.801. The summed E-state index contributed by atoms with van der Waals surface area (Å²) < 4.78 is 0. The Morgan fingerprint density at radius 2 is 0.230 bits per heavy atom. The molecular formula is C60H124P+. The van der Waals surface area contributed by atoms with Gasteiger partial charge in [-0.3, -0.25) is 0 Å². The van der Waals surface area contributed by atoms with Gasteiger partial charge in [0.15, 0.2) is 0 Å². The third kappa shape index (κ3) is 49.7. The van der Waals surface area contributed by atoms with Gasteiger partial charge >= 0.3 is 0 Å². The van der Waals surface area contributed by atoms with Crippen molar-refractivity contribution in [2.45, 2.75) is 362 Å². The van der Waals surface area contributed by atoms with Crippen LogP contribution in [-0.2, 0) is 0 Å². The Kier molecular flexibility index (Phi) is 55.1. The SMILES string of the molecule is CCCCCCCCCCCCCCCCCC[P+](CCCCCC)(CCCCCCCCCCCCCCCCCC)CCCCCCCCCCCCCCCCCC. The van der Waals surface area contributed by atoms with Crippen molar-refractivity contribution < 1.29 is 0 Å². The first-order chi connectivity index (χ1) is 30.2. The first kappa shape index (κ1) is 61.4. The topological polar surface area (TPSA) is 0 Å². The fraction of sp³-hybridized carbons (Fsp3) is 1.00. The van der Waals surface area contributed by atoms with E-state index >= 15 is 0 Å². The summed E-state index contributed by atoms with van der Waals surface area (Å²) in [6, 6.07) is 0. The van der Waals surface area contributed by atoms with Crippen LogP contribution < -0.4 is 0 Å². The summed E-state index contributed by atoms with van der Waals surface area (Å²) in [4.78, 5) is 0. The summed E-state index contributed by atoms with van der Waals surface area (Å²) >= 11 is 0. The standard InChI is InChI=1S/C60H124P/c1-5-9-13-17-20-23-26-29-32-35-38-41-44-47-50-54-58-61(57-53-16-12-8-4,59-55-51-48-45-42-39-36-33-30-27-24-21-18-14-10-6-2)60-56-52-49-46-43-40-37-34-31-28-25-22-19-15-11-7-3/h5-60H2,1-4H3/q+1. The molecule has 0 saturated heterocycles. The van der Waals surface area contributed by atoms with Crippen molar-refractivity contribution in [3.05, 3.63) is 0 Å². The van der Waals surface area contributed by atoms with Crippen LogP contribution in [0.3, 0.4) is 0 Å². The van der Waals surface area contributed by atoms with Gasteiger partial charge in [-0.05, 0) is 51.4 Å². The van der Waals surface area contributed by atoms with Crippen LogP contribution in [0, 0.1) is 0 Å². The van der Waals surface area contributed by atoms with E-state index in [4.69, 9.17) is 0 Å². The number of unbranched alkanes of at least 4 members (excludes halogenated alkanes) is 48. The zero-order valence-corrected chi connectivity index (χ0v) is 44.9. The molecule has 0 aliphatic rings. The van der Waals surface area contributed by atoms with Crippen LogP contribution in [0.1, 0.15) is 362 Å². The smallest absolute Gasteiger partial charge is 0.0594 e. The quantitative estimate of drug-likeness (QED) is 0.0422. The third-order valence-electron chi connectivity index (χ3n) is 14.9. The normalized spacial score (nSPS) is 12.0. The van der Waals surface area contributed by atoms with Crippen molar-refractivity contribution in [3.63, 3.8) is 0 Å². The molecule has 0 aromatic rings. The van der Waals surface area contributed by atoms with Gasteiger partial charge in [0.1, 0.15) is 0 Å².